The van der Waals surface area contributed by atoms with Gasteiger partial charge in [-0.05, 0) is 36.2 Å². The van der Waals surface area contributed by atoms with Crippen LogP contribution < -0.4 is 11.1 Å². The smallest absolute Gasteiger partial charge is 0.253 e. The van der Waals surface area contributed by atoms with Crippen molar-refractivity contribution in [2.45, 2.75) is 13.5 Å². The zero-order valence-electron chi connectivity index (χ0n) is 12.2. The van der Waals surface area contributed by atoms with Gasteiger partial charge in [-0.25, -0.2) is 4.98 Å². The minimum Gasteiger partial charge on any atom is -0.383 e. The van der Waals surface area contributed by atoms with Crippen LogP contribution in [-0.4, -0.2) is 15.9 Å². The molecule has 0 atom stereocenters. The van der Waals surface area contributed by atoms with E-state index in [2.05, 4.69) is 15.3 Å². The van der Waals surface area contributed by atoms with Crippen molar-refractivity contribution in [3.8, 4) is 0 Å². The molecule has 0 saturated heterocycles. The van der Waals surface area contributed by atoms with Crippen molar-refractivity contribution in [1.82, 2.24) is 15.3 Å². The van der Waals surface area contributed by atoms with E-state index in [-0.39, 0.29) is 5.91 Å². The Morgan fingerprint density at radius 1 is 1.18 bits per heavy atom. The molecule has 2 heterocycles. The zero-order chi connectivity index (χ0) is 15.5. The zero-order valence-corrected chi connectivity index (χ0v) is 12.2. The molecule has 3 N–H and O–H groups in total. The number of rotatable bonds is 3. The Labute approximate surface area is 128 Å². The van der Waals surface area contributed by atoms with Gasteiger partial charge in [0.2, 0.25) is 0 Å². The third-order valence-electron chi connectivity index (χ3n) is 3.48. The highest BCUT2D eigenvalue weighted by molar-refractivity contribution is 5.94. The first-order valence-electron chi connectivity index (χ1n) is 6.97. The van der Waals surface area contributed by atoms with Gasteiger partial charge in [0.15, 0.2) is 0 Å². The number of carbonyl (C=O) groups excluding carboxylic acids is 1. The van der Waals surface area contributed by atoms with Crippen LogP contribution in [0, 0.1) is 6.92 Å². The van der Waals surface area contributed by atoms with E-state index in [1.165, 1.54) is 6.20 Å². The Balaban J connectivity index is 1.72. The van der Waals surface area contributed by atoms with Crippen LogP contribution in [-0.2, 0) is 6.54 Å². The summed E-state index contributed by atoms with van der Waals surface area (Å²) in [6.07, 6.45) is 3.26. The van der Waals surface area contributed by atoms with E-state index in [0.717, 1.165) is 22.0 Å². The molecule has 2 aromatic heterocycles. The lowest BCUT2D eigenvalue weighted by atomic mass is 10.1. The van der Waals surface area contributed by atoms with Crippen LogP contribution in [0.3, 0.4) is 0 Å². The molecule has 3 rings (SSSR count). The number of aromatic nitrogens is 2. The predicted octanol–water partition coefficient (Wildman–Crippen LogP) is 2.45. The Morgan fingerprint density at radius 2 is 2.00 bits per heavy atom. The normalized spacial score (nSPS) is 10.6. The number of carbonyl (C=O) groups is 1. The number of nitrogens with zero attached hydrogens (tertiary/aromatic N) is 2. The predicted molar refractivity (Wildman–Crippen MR) is 86.3 cm³/mol. The number of fused-ring (bicyclic) bond motifs is 1. The fourth-order valence-electron chi connectivity index (χ4n) is 2.21. The lowest BCUT2D eigenvalue weighted by molar-refractivity contribution is 0.0950. The molecule has 0 aliphatic rings. The van der Waals surface area contributed by atoms with Crippen LogP contribution in [0.25, 0.3) is 10.9 Å². The van der Waals surface area contributed by atoms with Crippen molar-refractivity contribution in [2.75, 3.05) is 5.73 Å². The van der Waals surface area contributed by atoms with Crippen molar-refractivity contribution >= 4 is 22.6 Å². The van der Waals surface area contributed by atoms with E-state index in [1.807, 2.05) is 37.3 Å². The van der Waals surface area contributed by atoms with Crippen LogP contribution in [0.15, 0.2) is 48.8 Å². The summed E-state index contributed by atoms with van der Waals surface area (Å²) in [5, 5.41) is 3.92. The topological polar surface area (TPSA) is 80.9 Å². The molecule has 0 bridgehead atoms. The van der Waals surface area contributed by atoms with E-state index < -0.39 is 0 Å². The number of amides is 1. The Morgan fingerprint density at radius 3 is 2.82 bits per heavy atom. The molecule has 0 spiro atoms. The summed E-state index contributed by atoms with van der Waals surface area (Å²) in [6.45, 7) is 2.24. The SMILES string of the molecule is Cc1cc(C(=O)NCc2cnc3ccccc3c2)cnc1N. The van der Waals surface area contributed by atoms with Gasteiger partial charge < -0.3 is 11.1 Å². The van der Waals surface area contributed by atoms with E-state index >= 15 is 0 Å². The second-order valence-electron chi connectivity index (χ2n) is 5.15. The molecule has 22 heavy (non-hydrogen) atoms. The summed E-state index contributed by atoms with van der Waals surface area (Å²) in [5.74, 6) is 0.263. The first-order valence-corrected chi connectivity index (χ1v) is 6.97. The Kier molecular flexibility index (Phi) is 3.70. The van der Waals surface area contributed by atoms with Gasteiger partial charge in [0.05, 0.1) is 11.1 Å². The van der Waals surface area contributed by atoms with Crippen LogP contribution in [0.4, 0.5) is 5.82 Å². The van der Waals surface area contributed by atoms with E-state index in [4.69, 9.17) is 5.73 Å². The molecule has 5 heteroatoms. The minimum absolute atomic E-state index is 0.177. The van der Waals surface area contributed by atoms with Crippen LogP contribution in [0.5, 0.6) is 0 Å². The van der Waals surface area contributed by atoms with Crippen LogP contribution >= 0.6 is 0 Å². The van der Waals surface area contributed by atoms with Gasteiger partial charge in [0.25, 0.3) is 5.91 Å². The highest BCUT2D eigenvalue weighted by Gasteiger charge is 2.08. The maximum Gasteiger partial charge on any atom is 0.253 e. The fourth-order valence-corrected chi connectivity index (χ4v) is 2.21. The molecule has 0 saturated carbocycles. The third-order valence-corrected chi connectivity index (χ3v) is 3.48. The molecule has 1 aromatic carbocycles. The van der Waals surface area contributed by atoms with Crippen molar-refractivity contribution in [3.05, 3.63) is 65.5 Å². The lowest BCUT2D eigenvalue weighted by Crippen LogP contribution is -2.23. The molecule has 1 amide bonds. The molecule has 0 aliphatic heterocycles. The minimum atomic E-state index is -0.177. The van der Waals surface area contributed by atoms with E-state index in [0.29, 0.717) is 17.9 Å². The second kappa shape index (κ2) is 5.81. The highest BCUT2D eigenvalue weighted by atomic mass is 16.1. The van der Waals surface area contributed by atoms with Gasteiger partial charge in [-0.1, -0.05) is 18.2 Å². The molecular formula is C17H16N4O. The van der Waals surface area contributed by atoms with Gasteiger partial charge in [-0.2, -0.15) is 0 Å². The summed E-state index contributed by atoms with van der Waals surface area (Å²) in [7, 11) is 0. The summed E-state index contributed by atoms with van der Waals surface area (Å²) < 4.78 is 0. The number of benzene rings is 1. The van der Waals surface area contributed by atoms with Gasteiger partial charge in [-0.3, -0.25) is 9.78 Å². The number of nitrogens with two attached hydrogens (primary N) is 1. The molecule has 0 aliphatic carbocycles. The molecule has 110 valence electrons. The fraction of sp³-hybridized carbons (Fsp3) is 0.118. The number of aryl methyl sites for hydroxylation is 1. The van der Waals surface area contributed by atoms with Gasteiger partial charge in [0.1, 0.15) is 5.82 Å². The Bertz CT molecular complexity index is 845. The molecular weight excluding hydrogens is 276 g/mol. The van der Waals surface area contributed by atoms with Crippen molar-refractivity contribution in [2.24, 2.45) is 0 Å². The lowest BCUT2D eigenvalue weighted by Gasteiger charge is -2.07. The van der Waals surface area contributed by atoms with Crippen molar-refractivity contribution in [1.29, 1.82) is 0 Å². The number of anilines is 1. The highest BCUT2D eigenvalue weighted by Crippen LogP contribution is 2.13. The molecule has 0 radical (unpaired) electrons. The maximum atomic E-state index is 12.1. The second-order valence-corrected chi connectivity index (χ2v) is 5.15. The average Bonchev–Trinajstić information content (AvgIpc) is 2.55. The number of pyridine rings is 2. The summed E-state index contributed by atoms with van der Waals surface area (Å²) in [4.78, 5) is 20.5. The number of para-hydroxylation sites is 1. The van der Waals surface area contributed by atoms with Gasteiger partial charge >= 0.3 is 0 Å². The van der Waals surface area contributed by atoms with Crippen LogP contribution in [0.2, 0.25) is 0 Å². The molecule has 3 aromatic rings. The van der Waals surface area contributed by atoms with Crippen LogP contribution in [0.1, 0.15) is 21.5 Å². The van der Waals surface area contributed by atoms with E-state index in [9.17, 15) is 4.79 Å². The summed E-state index contributed by atoms with van der Waals surface area (Å²) >= 11 is 0. The molecule has 0 unspecified atom stereocenters. The quantitative estimate of drug-likeness (QED) is 0.777. The number of nitrogens with one attached hydrogen (secondary N) is 1. The first-order chi connectivity index (χ1) is 10.6. The summed E-state index contributed by atoms with van der Waals surface area (Å²) in [6, 6.07) is 11.6. The molecule has 5 nitrogen and oxygen atoms in total. The average molecular weight is 292 g/mol. The molecule has 0 fully saturated rings. The number of nitrogen functional groups attached to an aromatic ring is 1. The van der Waals surface area contributed by atoms with Crippen molar-refractivity contribution in [3.63, 3.8) is 0 Å². The maximum absolute atomic E-state index is 12.1. The largest absolute Gasteiger partial charge is 0.383 e. The Hall–Kier alpha value is -2.95. The van der Waals surface area contributed by atoms with E-state index in [1.54, 1.807) is 12.3 Å². The van der Waals surface area contributed by atoms with Gasteiger partial charge in [-0.15, -0.1) is 0 Å². The summed E-state index contributed by atoms with van der Waals surface area (Å²) in [5.41, 5.74) is 8.84. The third kappa shape index (κ3) is 2.88. The van der Waals surface area contributed by atoms with Crippen molar-refractivity contribution < 1.29 is 4.79 Å². The van der Waals surface area contributed by atoms with Gasteiger partial charge in [0, 0.05) is 24.3 Å². The number of hydrogen-bond acceptors (Lipinski definition) is 4. The number of hydrogen-bond donors (Lipinski definition) is 2. The first kappa shape index (κ1) is 14.0. The monoisotopic (exact) mass is 292 g/mol. The standard InChI is InChI=1S/C17H16N4O/c1-11-6-14(10-20-16(11)18)17(22)21-9-12-7-13-4-2-3-5-15(13)19-8-12/h2-8,10H,9H2,1H3,(H2,18,20)(H,21,22).